The molecule has 0 amide bonds. The van der Waals surface area contributed by atoms with Crippen LogP contribution in [0.15, 0.2) is 34.8 Å². The van der Waals surface area contributed by atoms with Crippen LogP contribution in [0.1, 0.15) is 22.3 Å². The van der Waals surface area contributed by atoms with Crippen molar-refractivity contribution < 1.29 is 4.74 Å². The van der Waals surface area contributed by atoms with Gasteiger partial charge in [0, 0.05) is 15.7 Å². The van der Waals surface area contributed by atoms with E-state index in [2.05, 4.69) is 48.8 Å². The van der Waals surface area contributed by atoms with Gasteiger partial charge in [-0.3, -0.25) is 0 Å². The van der Waals surface area contributed by atoms with Gasteiger partial charge in [-0.15, -0.1) is 0 Å². The molecule has 0 saturated carbocycles. The molecule has 0 aliphatic carbocycles. The van der Waals surface area contributed by atoms with Crippen LogP contribution in [0.3, 0.4) is 0 Å². The van der Waals surface area contributed by atoms with Gasteiger partial charge < -0.3 is 10.5 Å². The fraction of sp³-hybridized carbons (Fsp3) is 0.250. The molecule has 0 radical (unpaired) electrons. The summed E-state index contributed by atoms with van der Waals surface area (Å²) in [5.41, 5.74) is 11.3. The highest BCUT2D eigenvalue weighted by molar-refractivity contribution is 9.10. The molecule has 2 aromatic carbocycles. The first kappa shape index (κ1) is 13.9. The van der Waals surface area contributed by atoms with Crippen LogP contribution in [0.4, 0.5) is 5.69 Å². The van der Waals surface area contributed by atoms with Crippen LogP contribution in [0.5, 0.6) is 5.75 Å². The van der Waals surface area contributed by atoms with Gasteiger partial charge in [0.05, 0.1) is 0 Å². The Morgan fingerprint density at radius 3 is 2.63 bits per heavy atom. The summed E-state index contributed by atoms with van der Waals surface area (Å²) < 4.78 is 6.85. The van der Waals surface area contributed by atoms with Gasteiger partial charge in [-0.1, -0.05) is 18.2 Å². The minimum Gasteiger partial charge on any atom is -0.489 e. The molecule has 0 saturated heterocycles. The number of nitrogen functional groups attached to an aromatic ring is 1. The number of rotatable bonds is 3. The third-order valence-electron chi connectivity index (χ3n) is 3.26. The van der Waals surface area contributed by atoms with E-state index < -0.39 is 0 Å². The van der Waals surface area contributed by atoms with Gasteiger partial charge in [0.15, 0.2) is 0 Å². The lowest BCUT2D eigenvalue weighted by molar-refractivity contribution is 0.303. The average Bonchev–Trinajstić information content (AvgIpc) is 2.36. The SMILES string of the molecule is Cc1cc(C)c(C)c(OCc2cccc(N)c2Br)c1. The fourth-order valence-corrected chi connectivity index (χ4v) is 2.40. The number of hydrogen-bond acceptors (Lipinski definition) is 2. The number of halogens is 1. The normalized spacial score (nSPS) is 10.5. The number of hydrogen-bond donors (Lipinski definition) is 1. The molecular weight excluding hydrogens is 302 g/mol. The number of ether oxygens (including phenoxy) is 1. The molecule has 0 fully saturated rings. The topological polar surface area (TPSA) is 35.2 Å². The number of aryl methyl sites for hydroxylation is 2. The van der Waals surface area contributed by atoms with Crippen LogP contribution < -0.4 is 10.5 Å². The zero-order valence-corrected chi connectivity index (χ0v) is 13.0. The predicted molar refractivity (Wildman–Crippen MR) is 83.5 cm³/mol. The number of benzene rings is 2. The summed E-state index contributed by atoms with van der Waals surface area (Å²) in [7, 11) is 0. The summed E-state index contributed by atoms with van der Waals surface area (Å²) in [6.45, 7) is 6.77. The van der Waals surface area contributed by atoms with Crippen molar-refractivity contribution in [3.8, 4) is 5.75 Å². The van der Waals surface area contributed by atoms with Gasteiger partial charge in [0.1, 0.15) is 12.4 Å². The smallest absolute Gasteiger partial charge is 0.123 e. The third-order valence-corrected chi connectivity index (χ3v) is 4.22. The van der Waals surface area contributed by atoms with Crippen molar-refractivity contribution in [2.24, 2.45) is 0 Å². The summed E-state index contributed by atoms with van der Waals surface area (Å²) in [6, 6.07) is 10.1. The standard InChI is InChI=1S/C16H18BrNO/c1-10-7-11(2)12(3)15(8-10)19-9-13-5-4-6-14(18)16(13)17/h4-8H,9,18H2,1-3H3. The molecule has 0 unspecified atom stereocenters. The van der Waals surface area contributed by atoms with Crippen LogP contribution in [-0.2, 0) is 6.61 Å². The first-order chi connectivity index (χ1) is 8.99. The summed E-state index contributed by atoms with van der Waals surface area (Å²) in [4.78, 5) is 0. The van der Waals surface area contributed by atoms with E-state index in [1.807, 2.05) is 18.2 Å². The van der Waals surface area contributed by atoms with Gasteiger partial charge in [-0.2, -0.15) is 0 Å². The second-order valence-corrected chi connectivity index (χ2v) is 5.61. The molecule has 0 heterocycles. The van der Waals surface area contributed by atoms with E-state index >= 15 is 0 Å². The van der Waals surface area contributed by atoms with Gasteiger partial charge in [0.25, 0.3) is 0 Å². The minimum atomic E-state index is 0.509. The van der Waals surface area contributed by atoms with Gasteiger partial charge in [-0.05, 0) is 65.5 Å². The molecule has 2 rings (SSSR count). The second-order valence-electron chi connectivity index (χ2n) is 4.81. The molecule has 0 atom stereocenters. The van der Waals surface area contributed by atoms with Crippen LogP contribution in [0.25, 0.3) is 0 Å². The molecule has 2 N–H and O–H groups in total. The number of nitrogens with two attached hydrogens (primary N) is 1. The Morgan fingerprint density at radius 1 is 1.16 bits per heavy atom. The van der Waals surface area contributed by atoms with Crippen molar-refractivity contribution in [3.63, 3.8) is 0 Å². The Kier molecular flexibility index (Phi) is 4.15. The molecular formula is C16H18BrNO. The molecule has 2 aromatic rings. The Labute approximate surface area is 122 Å². The average molecular weight is 320 g/mol. The highest BCUT2D eigenvalue weighted by atomic mass is 79.9. The maximum Gasteiger partial charge on any atom is 0.123 e. The Bertz CT molecular complexity index is 608. The van der Waals surface area contributed by atoms with Crippen LogP contribution in [0, 0.1) is 20.8 Å². The highest BCUT2D eigenvalue weighted by Gasteiger charge is 2.07. The Hall–Kier alpha value is -1.48. The van der Waals surface area contributed by atoms with Crippen molar-refractivity contribution in [1.82, 2.24) is 0 Å². The first-order valence-electron chi connectivity index (χ1n) is 6.22. The molecule has 19 heavy (non-hydrogen) atoms. The predicted octanol–water partition coefficient (Wildman–Crippen LogP) is 4.54. The van der Waals surface area contributed by atoms with E-state index in [1.165, 1.54) is 16.7 Å². The summed E-state index contributed by atoms with van der Waals surface area (Å²) in [5.74, 6) is 0.937. The monoisotopic (exact) mass is 319 g/mol. The lowest BCUT2D eigenvalue weighted by atomic mass is 10.1. The van der Waals surface area contributed by atoms with E-state index in [9.17, 15) is 0 Å². The molecule has 0 aliphatic rings. The molecule has 2 nitrogen and oxygen atoms in total. The van der Waals surface area contributed by atoms with E-state index in [0.717, 1.165) is 21.5 Å². The van der Waals surface area contributed by atoms with E-state index in [-0.39, 0.29) is 0 Å². The van der Waals surface area contributed by atoms with Gasteiger partial charge >= 0.3 is 0 Å². The summed E-state index contributed by atoms with van der Waals surface area (Å²) >= 11 is 3.50. The summed E-state index contributed by atoms with van der Waals surface area (Å²) in [5, 5.41) is 0. The van der Waals surface area contributed by atoms with Crippen molar-refractivity contribution in [2.45, 2.75) is 27.4 Å². The van der Waals surface area contributed by atoms with Crippen LogP contribution >= 0.6 is 15.9 Å². The Morgan fingerprint density at radius 2 is 1.89 bits per heavy atom. The maximum atomic E-state index is 5.93. The second kappa shape index (κ2) is 5.66. The lowest BCUT2D eigenvalue weighted by Gasteiger charge is -2.13. The third kappa shape index (κ3) is 3.10. The van der Waals surface area contributed by atoms with E-state index in [4.69, 9.17) is 10.5 Å². The van der Waals surface area contributed by atoms with Crippen molar-refractivity contribution in [2.75, 3.05) is 5.73 Å². The molecule has 0 aliphatic heterocycles. The maximum absolute atomic E-state index is 5.93. The molecule has 0 aromatic heterocycles. The van der Waals surface area contributed by atoms with E-state index in [1.54, 1.807) is 0 Å². The molecule has 3 heteroatoms. The van der Waals surface area contributed by atoms with E-state index in [0.29, 0.717) is 6.61 Å². The van der Waals surface area contributed by atoms with Gasteiger partial charge in [-0.25, -0.2) is 0 Å². The quantitative estimate of drug-likeness (QED) is 0.843. The first-order valence-corrected chi connectivity index (χ1v) is 7.02. The molecule has 0 spiro atoms. The van der Waals surface area contributed by atoms with Crippen LogP contribution in [-0.4, -0.2) is 0 Å². The molecule has 100 valence electrons. The zero-order chi connectivity index (χ0) is 14.0. The van der Waals surface area contributed by atoms with Gasteiger partial charge in [0.2, 0.25) is 0 Å². The summed E-state index contributed by atoms with van der Waals surface area (Å²) in [6.07, 6.45) is 0. The van der Waals surface area contributed by atoms with Crippen molar-refractivity contribution in [3.05, 3.63) is 57.1 Å². The molecule has 0 bridgehead atoms. The lowest BCUT2D eigenvalue weighted by Crippen LogP contribution is -2.01. The highest BCUT2D eigenvalue weighted by Crippen LogP contribution is 2.27. The van der Waals surface area contributed by atoms with Crippen molar-refractivity contribution >= 4 is 21.6 Å². The zero-order valence-electron chi connectivity index (χ0n) is 11.5. The fourth-order valence-electron chi connectivity index (χ4n) is 2.02. The van der Waals surface area contributed by atoms with Crippen LogP contribution in [0.2, 0.25) is 0 Å². The largest absolute Gasteiger partial charge is 0.489 e. The Balaban J connectivity index is 2.21. The van der Waals surface area contributed by atoms with Crippen molar-refractivity contribution in [1.29, 1.82) is 0 Å². The minimum absolute atomic E-state index is 0.509. The number of anilines is 1.